The van der Waals surface area contributed by atoms with Crippen LogP contribution in [-0.2, 0) is 0 Å². The maximum Gasteiger partial charge on any atom is 0.291 e. The van der Waals surface area contributed by atoms with E-state index in [0.717, 1.165) is 49.2 Å². The van der Waals surface area contributed by atoms with Crippen LogP contribution in [0.25, 0.3) is 0 Å². The van der Waals surface area contributed by atoms with Gasteiger partial charge in [-0.1, -0.05) is 39.5 Å². The van der Waals surface area contributed by atoms with Gasteiger partial charge in [0.1, 0.15) is 4.90 Å². The summed E-state index contributed by atoms with van der Waals surface area (Å²) in [6.07, 6.45) is 13.6. The monoisotopic (exact) mass is 489 g/mol. The summed E-state index contributed by atoms with van der Waals surface area (Å²) in [4.78, 5) is 14.1. The fourth-order valence-electron chi connectivity index (χ4n) is 6.61. The normalized spacial score (nSPS) is 29.8. The highest BCUT2D eigenvalue weighted by Gasteiger charge is 2.52. The average molecular weight is 490 g/mol. The standard InChI is InChI=1S/C27H43N3O3S/c1-27(2)12-6-7-19(21-15-22(21)27)16-29-25(31)23-24(34-20-8-4-3-5-9-20)26(30-33-23)32-17-18-10-13-28-14-11-18/h18-22,28H,3-17H2,1-2H3,(H,29,31)/t19-,21+,22?/m1/s1. The third-order valence-electron chi connectivity index (χ3n) is 8.95. The molecule has 34 heavy (non-hydrogen) atoms. The molecule has 1 aromatic heterocycles. The van der Waals surface area contributed by atoms with E-state index in [4.69, 9.17) is 9.26 Å². The molecule has 0 aromatic carbocycles. The lowest BCUT2D eigenvalue weighted by Gasteiger charge is -2.23. The summed E-state index contributed by atoms with van der Waals surface area (Å²) < 4.78 is 11.8. The molecule has 6 nitrogen and oxygen atoms in total. The Morgan fingerprint density at radius 2 is 1.94 bits per heavy atom. The van der Waals surface area contributed by atoms with Gasteiger partial charge < -0.3 is 19.9 Å². The molecule has 3 saturated carbocycles. The van der Waals surface area contributed by atoms with Gasteiger partial charge in [0.2, 0.25) is 5.76 Å². The lowest BCUT2D eigenvalue weighted by Crippen LogP contribution is -2.31. The number of fused-ring (bicyclic) bond motifs is 1. The van der Waals surface area contributed by atoms with Crippen LogP contribution in [0.5, 0.6) is 5.88 Å². The van der Waals surface area contributed by atoms with E-state index in [1.54, 1.807) is 11.8 Å². The zero-order valence-electron chi connectivity index (χ0n) is 21.1. The summed E-state index contributed by atoms with van der Waals surface area (Å²) >= 11 is 1.76. The van der Waals surface area contributed by atoms with Crippen molar-refractivity contribution in [3.8, 4) is 5.88 Å². The largest absolute Gasteiger partial charge is 0.474 e. The smallest absolute Gasteiger partial charge is 0.291 e. The summed E-state index contributed by atoms with van der Waals surface area (Å²) in [5, 5.41) is 11.4. The Labute approximate surface area is 209 Å². The number of hydrogen-bond acceptors (Lipinski definition) is 6. The van der Waals surface area contributed by atoms with Gasteiger partial charge in [-0.25, -0.2) is 0 Å². The van der Waals surface area contributed by atoms with Gasteiger partial charge in [0.25, 0.3) is 11.8 Å². The highest BCUT2D eigenvalue weighted by atomic mass is 32.2. The fourth-order valence-corrected chi connectivity index (χ4v) is 7.95. The summed E-state index contributed by atoms with van der Waals surface area (Å²) in [6.45, 7) is 8.33. The molecule has 4 fully saturated rings. The zero-order valence-corrected chi connectivity index (χ0v) is 21.9. The predicted molar refractivity (Wildman–Crippen MR) is 135 cm³/mol. The van der Waals surface area contributed by atoms with Crippen LogP contribution in [-0.4, -0.2) is 42.6 Å². The van der Waals surface area contributed by atoms with Crippen molar-refractivity contribution >= 4 is 17.7 Å². The third kappa shape index (κ3) is 5.77. The Bertz CT molecular complexity index is 829. The van der Waals surface area contributed by atoms with Crippen LogP contribution in [0.15, 0.2) is 9.42 Å². The number of amides is 1. The number of piperidine rings is 1. The van der Waals surface area contributed by atoms with Crippen molar-refractivity contribution < 1.29 is 14.1 Å². The van der Waals surface area contributed by atoms with Crippen LogP contribution < -0.4 is 15.4 Å². The molecule has 2 N–H and O–H groups in total. The topological polar surface area (TPSA) is 76.4 Å². The summed E-state index contributed by atoms with van der Waals surface area (Å²) in [5.41, 5.74) is 0.457. The summed E-state index contributed by atoms with van der Waals surface area (Å²) in [7, 11) is 0. The van der Waals surface area contributed by atoms with Crippen LogP contribution in [0, 0.1) is 29.1 Å². The maximum absolute atomic E-state index is 13.3. The Morgan fingerprint density at radius 3 is 2.74 bits per heavy atom. The maximum atomic E-state index is 13.3. The first-order chi connectivity index (χ1) is 16.5. The molecular weight excluding hydrogens is 446 g/mol. The SMILES string of the molecule is CC1(C)CCC[C@H](CNC(=O)c2onc(OCC3CCNCC3)c2SC2CCCCC2)[C@@H]2CC21. The van der Waals surface area contributed by atoms with Gasteiger partial charge in [-0.05, 0) is 92.3 Å². The molecular formula is C27H43N3O3S. The number of carbonyl (C=O) groups excluding carboxylic acids is 1. The van der Waals surface area contributed by atoms with Crippen LogP contribution in [0.4, 0.5) is 0 Å². The third-order valence-corrected chi connectivity index (χ3v) is 10.3. The molecule has 0 spiro atoms. The molecule has 190 valence electrons. The number of aromatic nitrogens is 1. The van der Waals surface area contributed by atoms with Gasteiger partial charge in [-0.2, -0.15) is 0 Å². The van der Waals surface area contributed by atoms with Gasteiger partial charge in [0.05, 0.1) is 6.61 Å². The van der Waals surface area contributed by atoms with Crippen LogP contribution in [0.3, 0.4) is 0 Å². The Hall–Kier alpha value is -1.21. The lowest BCUT2D eigenvalue weighted by molar-refractivity contribution is 0.0903. The molecule has 0 bridgehead atoms. The molecule has 7 heteroatoms. The van der Waals surface area contributed by atoms with Crippen molar-refractivity contribution in [3.63, 3.8) is 0 Å². The molecule has 0 radical (unpaired) electrons. The van der Waals surface area contributed by atoms with E-state index in [1.165, 1.54) is 57.8 Å². The van der Waals surface area contributed by atoms with Gasteiger partial charge in [0.15, 0.2) is 0 Å². The molecule has 1 aliphatic heterocycles. The van der Waals surface area contributed by atoms with Gasteiger partial charge >= 0.3 is 0 Å². The van der Waals surface area contributed by atoms with Crippen molar-refractivity contribution in [2.45, 2.75) is 94.6 Å². The molecule has 2 heterocycles. The highest BCUT2D eigenvalue weighted by Crippen LogP contribution is 2.59. The Morgan fingerprint density at radius 1 is 1.15 bits per heavy atom. The van der Waals surface area contributed by atoms with E-state index >= 15 is 0 Å². The van der Waals surface area contributed by atoms with Crippen molar-refractivity contribution in [2.24, 2.45) is 29.1 Å². The fraction of sp³-hybridized carbons (Fsp3) is 0.852. The first kappa shape index (κ1) is 24.5. The minimum absolute atomic E-state index is 0.122. The second-order valence-corrected chi connectivity index (χ2v) is 13.2. The molecule has 4 aliphatic rings. The number of hydrogen-bond donors (Lipinski definition) is 2. The quantitative estimate of drug-likeness (QED) is 0.490. The zero-order chi connectivity index (χ0) is 23.5. The Kier molecular flexibility index (Phi) is 7.79. The highest BCUT2D eigenvalue weighted by molar-refractivity contribution is 8.00. The first-order valence-electron chi connectivity index (χ1n) is 13.8. The van der Waals surface area contributed by atoms with Gasteiger partial charge in [-0.3, -0.25) is 4.79 Å². The number of carbonyl (C=O) groups is 1. The number of nitrogens with zero attached hydrogens (tertiary/aromatic N) is 1. The van der Waals surface area contributed by atoms with Crippen LogP contribution in [0.1, 0.15) is 95.0 Å². The minimum atomic E-state index is -0.122. The summed E-state index contributed by atoms with van der Waals surface area (Å²) in [6, 6.07) is 0. The van der Waals surface area contributed by atoms with Crippen LogP contribution in [0.2, 0.25) is 0 Å². The van der Waals surface area contributed by atoms with Crippen molar-refractivity contribution in [1.29, 1.82) is 0 Å². The second-order valence-electron chi connectivity index (χ2n) is 11.9. The van der Waals surface area contributed by atoms with E-state index in [0.29, 0.717) is 40.7 Å². The van der Waals surface area contributed by atoms with Crippen molar-refractivity contribution in [3.05, 3.63) is 5.76 Å². The summed E-state index contributed by atoms with van der Waals surface area (Å²) in [5.74, 6) is 3.48. The predicted octanol–water partition coefficient (Wildman–Crippen LogP) is 5.67. The number of ether oxygens (including phenoxy) is 1. The molecule has 3 atom stereocenters. The molecule has 1 unspecified atom stereocenters. The van der Waals surface area contributed by atoms with Gasteiger partial charge in [-0.15, -0.1) is 11.8 Å². The lowest BCUT2D eigenvalue weighted by atomic mass is 9.83. The van der Waals surface area contributed by atoms with Gasteiger partial charge in [0, 0.05) is 11.8 Å². The minimum Gasteiger partial charge on any atom is -0.474 e. The average Bonchev–Trinajstić information content (AvgIpc) is 3.58. The Balaban J connectivity index is 1.23. The van der Waals surface area contributed by atoms with Crippen molar-refractivity contribution in [2.75, 3.05) is 26.2 Å². The second kappa shape index (κ2) is 10.8. The molecule has 1 saturated heterocycles. The van der Waals surface area contributed by atoms with Crippen molar-refractivity contribution in [1.82, 2.24) is 15.8 Å². The van der Waals surface area contributed by atoms with E-state index in [9.17, 15) is 4.79 Å². The van der Waals surface area contributed by atoms with E-state index in [1.807, 2.05) is 0 Å². The first-order valence-corrected chi connectivity index (χ1v) is 14.7. The molecule has 5 rings (SSSR count). The van der Waals surface area contributed by atoms with E-state index in [-0.39, 0.29) is 5.91 Å². The molecule has 3 aliphatic carbocycles. The molecule has 1 aromatic rings. The number of rotatable bonds is 8. The van der Waals surface area contributed by atoms with E-state index < -0.39 is 0 Å². The molecule has 1 amide bonds. The number of thioether (sulfide) groups is 1. The van der Waals surface area contributed by atoms with Crippen LogP contribution >= 0.6 is 11.8 Å². The van der Waals surface area contributed by atoms with E-state index in [2.05, 4.69) is 29.6 Å². The number of nitrogens with one attached hydrogen (secondary N) is 2.